The van der Waals surface area contributed by atoms with E-state index in [1.54, 1.807) is 7.11 Å². The molecule has 3 heteroatoms. The Kier molecular flexibility index (Phi) is 8.40. The quantitative estimate of drug-likeness (QED) is 0.626. The first kappa shape index (κ1) is 12.9. The minimum atomic E-state index is 0.288. The van der Waals surface area contributed by atoms with Gasteiger partial charge >= 0.3 is 0 Å². The number of ether oxygens (including phenoxy) is 2. The van der Waals surface area contributed by atoms with Crippen LogP contribution in [0.15, 0.2) is 0 Å². The average molecular weight is 189 g/mol. The molecule has 0 amide bonds. The maximum Gasteiger partial charge on any atom is 0.0671 e. The molecular formula is C10H23NO2. The van der Waals surface area contributed by atoms with E-state index in [2.05, 4.69) is 19.2 Å². The summed E-state index contributed by atoms with van der Waals surface area (Å²) in [7, 11) is 1.73. The molecule has 0 saturated carbocycles. The minimum Gasteiger partial charge on any atom is -0.383 e. The van der Waals surface area contributed by atoms with Crippen molar-refractivity contribution in [2.75, 3.05) is 26.9 Å². The van der Waals surface area contributed by atoms with Crippen LogP contribution in [0.2, 0.25) is 0 Å². The maximum atomic E-state index is 5.41. The van der Waals surface area contributed by atoms with Crippen molar-refractivity contribution in [3.8, 4) is 0 Å². The Morgan fingerprint density at radius 2 is 2.00 bits per heavy atom. The van der Waals surface area contributed by atoms with Gasteiger partial charge in [-0.2, -0.15) is 0 Å². The first-order valence-corrected chi connectivity index (χ1v) is 5.08. The van der Waals surface area contributed by atoms with Gasteiger partial charge in [0.25, 0.3) is 0 Å². The van der Waals surface area contributed by atoms with Gasteiger partial charge in [-0.25, -0.2) is 0 Å². The van der Waals surface area contributed by atoms with Crippen LogP contribution in [0, 0.1) is 0 Å². The number of hydrogen-bond donors (Lipinski definition) is 1. The number of methoxy groups -OCH3 is 1. The van der Waals surface area contributed by atoms with E-state index in [1.807, 2.05) is 6.92 Å². The zero-order chi connectivity index (χ0) is 10.1. The molecule has 0 aromatic carbocycles. The molecule has 3 nitrogen and oxygen atoms in total. The molecule has 80 valence electrons. The van der Waals surface area contributed by atoms with E-state index < -0.39 is 0 Å². The fraction of sp³-hybridized carbons (Fsp3) is 1.00. The van der Waals surface area contributed by atoms with Gasteiger partial charge in [0.2, 0.25) is 0 Å². The normalized spacial score (nSPS) is 15.7. The molecule has 0 aromatic heterocycles. The van der Waals surface area contributed by atoms with Crippen LogP contribution in [0.3, 0.4) is 0 Å². The van der Waals surface area contributed by atoms with Crippen LogP contribution >= 0.6 is 0 Å². The minimum absolute atomic E-state index is 0.288. The third-order valence-electron chi connectivity index (χ3n) is 2.01. The highest BCUT2D eigenvalue weighted by molar-refractivity contribution is 4.65. The molecule has 13 heavy (non-hydrogen) atoms. The van der Waals surface area contributed by atoms with Gasteiger partial charge in [-0.1, -0.05) is 6.92 Å². The fourth-order valence-electron chi connectivity index (χ4n) is 1.20. The molecular weight excluding hydrogens is 166 g/mol. The number of rotatable bonds is 8. The van der Waals surface area contributed by atoms with Crippen molar-refractivity contribution < 1.29 is 9.47 Å². The summed E-state index contributed by atoms with van der Waals surface area (Å²) < 4.78 is 10.5. The summed E-state index contributed by atoms with van der Waals surface area (Å²) in [5, 5.41) is 3.40. The number of nitrogens with one attached hydrogen (secondary N) is 1. The summed E-state index contributed by atoms with van der Waals surface area (Å²) in [6.45, 7) is 8.70. The van der Waals surface area contributed by atoms with E-state index in [0.29, 0.717) is 6.04 Å². The second-order valence-electron chi connectivity index (χ2n) is 3.23. The average Bonchev–Trinajstić information content (AvgIpc) is 2.12. The van der Waals surface area contributed by atoms with Gasteiger partial charge in [0.15, 0.2) is 0 Å². The van der Waals surface area contributed by atoms with Crippen LogP contribution in [0.5, 0.6) is 0 Å². The first-order valence-electron chi connectivity index (χ1n) is 5.08. The molecule has 0 aliphatic carbocycles. The standard InChI is InChI=1S/C10H23NO2/c1-5-10(8-12-4)11-7-9(3)13-6-2/h9-11H,5-8H2,1-4H3. The Morgan fingerprint density at radius 1 is 1.31 bits per heavy atom. The largest absolute Gasteiger partial charge is 0.383 e. The molecule has 0 spiro atoms. The molecule has 0 bridgehead atoms. The maximum absolute atomic E-state index is 5.41. The van der Waals surface area contributed by atoms with E-state index >= 15 is 0 Å². The molecule has 0 heterocycles. The van der Waals surface area contributed by atoms with Gasteiger partial charge in [-0.3, -0.25) is 0 Å². The van der Waals surface area contributed by atoms with Crippen molar-refractivity contribution in [3.63, 3.8) is 0 Å². The van der Waals surface area contributed by atoms with Gasteiger partial charge in [0, 0.05) is 26.3 Å². The van der Waals surface area contributed by atoms with E-state index in [9.17, 15) is 0 Å². The first-order chi connectivity index (χ1) is 6.24. The Hall–Kier alpha value is -0.120. The van der Waals surface area contributed by atoms with E-state index in [1.165, 1.54) is 0 Å². The molecule has 1 N–H and O–H groups in total. The molecule has 0 aliphatic rings. The lowest BCUT2D eigenvalue weighted by atomic mass is 10.2. The van der Waals surface area contributed by atoms with Gasteiger partial charge in [0.05, 0.1) is 12.7 Å². The highest BCUT2D eigenvalue weighted by atomic mass is 16.5. The Labute approximate surface area is 81.8 Å². The van der Waals surface area contributed by atoms with Gasteiger partial charge in [0.1, 0.15) is 0 Å². The van der Waals surface area contributed by atoms with E-state index in [-0.39, 0.29) is 6.10 Å². The van der Waals surface area contributed by atoms with Crippen LogP contribution in [-0.2, 0) is 9.47 Å². The molecule has 0 radical (unpaired) electrons. The lowest BCUT2D eigenvalue weighted by molar-refractivity contribution is 0.0693. The molecule has 0 saturated heterocycles. The Morgan fingerprint density at radius 3 is 2.46 bits per heavy atom. The molecule has 0 rings (SSSR count). The molecule has 0 aliphatic heterocycles. The predicted molar refractivity (Wildman–Crippen MR) is 55.0 cm³/mol. The predicted octanol–water partition coefficient (Wildman–Crippen LogP) is 1.43. The molecule has 2 atom stereocenters. The monoisotopic (exact) mass is 189 g/mol. The summed E-state index contributed by atoms with van der Waals surface area (Å²) in [6, 6.07) is 0.452. The van der Waals surface area contributed by atoms with Crippen LogP contribution in [0.1, 0.15) is 27.2 Å². The highest BCUT2D eigenvalue weighted by Crippen LogP contribution is 1.94. The zero-order valence-corrected chi connectivity index (χ0v) is 9.30. The summed E-state index contributed by atoms with van der Waals surface area (Å²) in [4.78, 5) is 0. The Bertz CT molecular complexity index is 109. The topological polar surface area (TPSA) is 30.5 Å². The summed E-state index contributed by atoms with van der Waals surface area (Å²) in [6.07, 6.45) is 1.38. The fourth-order valence-corrected chi connectivity index (χ4v) is 1.20. The summed E-state index contributed by atoms with van der Waals surface area (Å²) in [5.74, 6) is 0. The van der Waals surface area contributed by atoms with Crippen molar-refractivity contribution in [2.24, 2.45) is 0 Å². The third kappa shape index (κ3) is 6.99. The Balaban J connectivity index is 3.46. The second kappa shape index (κ2) is 8.48. The van der Waals surface area contributed by atoms with Gasteiger partial charge < -0.3 is 14.8 Å². The lowest BCUT2D eigenvalue weighted by Crippen LogP contribution is -2.37. The van der Waals surface area contributed by atoms with Crippen molar-refractivity contribution in [3.05, 3.63) is 0 Å². The molecule has 0 aromatic rings. The van der Waals surface area contributed by atoms with E-state index in [4.69, 9.17) is 9.47 Å². The molecule has 2 unspecified atom stereocenters. The van der Waals surface area contributed by atoms with Gasteiger partial charge in [-0.15, -0.1) is 0 Å². The van der Waals surface area contributed by atoms with Crippen LogP contribution in [0.25, 0.3) is 0 Å². The third-order valence-corrected chi connectivity index (χ3v) is 2.01. The number of hydrogen-bond acceptors (Lipinski definition) is 3. The highest BCUT2D eigenvalue weighted by Gasteiger charge is 2.07. The zero-order valence-electron chi connectivity index (χ0n) is 9.30. The molecule has 0 fully saturated rings. The van der Waals surface area contributed by atoms with Crippen LogP contribution in [0.4, 0.5) is 0 Å². The van der Waals surface area contributed by atoms with E-state index in [0.717, 1.165) is 26.2 Å². The van der Waals surface area contributed by atoms with Crippen molar-refractivity contribution in [1.82, 2.24) is 5.32 Å². The van der Waals surface area contributed by atoms with Crippen molar-refractivity contribution >= 4 is 0 Å². The lowest BCUT2D eigenvalue weighted by Gasteiger charge is -2.19. The van der Waals surface area contributed by atoms with Crippen LogP contribution in [-0.4, -0.2) is 39.0 Å². The smallest absolute Gasteiger partial charge is 0.0671 e. The van der Waals surface area contributed by atoms with Gasteiger partial charge in [-0.05, 0) is 20.3 Å². The second-order valence-corrected chi connectivity index (χ2v) is 3.23. The van der Waals surface area contributed by atoms with Crippen molar-refractivity contribution in [2.45, 2.75) is 39.3 Å². The summed E-state index contributed by atoms with van der Waals surface area (Å²) >= 11 is 0. The van der Waals surface area contributed by atoms with Crippen molar-refractivity contribution in [1.29, 1.82) is 0 Å². The SMILES string of the molecule is CCOC(C)CNC(CC)COC. The summed E-state index contributed by atoms with van der Waals surface area (Å²) in [5.41, 5.74) is 0. The van der Waals surface area contributed by atoms with Crippen LogP contribution < -0.4 is 5.32 Å².